The van der Waals surface area contributed by atoms with Gasteiger partial charge >= 0.3 is 5.69 Å². The molecule has 1 N–H and O–H groups in total. The van der Waals surface area contributed by atoms with Crippen molar-refractivity contribution in [1.29, 1.82) is 0 Å². The molecule has 0 aliphatic carbocycles. The number of carbonyl (C=O) groups is 1. The average molecular weight is 487 g/mol. The van der Waals surface area contributed by atoms with E-state index in [-0.39, 0.29) is 17.3 Å². The van der Waals surface area contributed by atoms with Crippen LogP contribution in [0.2, 0.25) is 0 Å². The molecule has 0 atom stereocenters. The van der Waals surface area contributed by atoms with Gasteiger partial charge in [-0.3, -0.25) is 24.0 Å². The Kier molecular flexibility index (Phi) is 5.93. The molecular weight excluding hydrogens is 460 g/mol. The Morgan fingerprint density at radius 1 is 0.861 bits per heavy atom. The maximum atomic E-state index is 13.1. The van der Waals surface area contributed by atoms with Gasteiger partial charge in [0.1, 0.15) is 0 Å². The topological polar surface area (TPSA) is 106 Å². The van der Waals surface area contributed by atoms with Crippen molar-refractivity contribution in [3.8, 4) is 0 Å². The molecule has 5 rings (SSSR count). The largest absolute Gasteiger partial charge is 0.368 e. The molecule has 0 radical (unpaired) electrons. The van der Waals surface area contributed by atoms with Crippen molar-refractivity contribution in [2.24, 2.45) is 14.1 Å². The molecule has 36 heavy (non-hydrogen) atoms. The Morgan fingerprint density at radius 3 is 2.06 bits per heavy atom. The Morgan fingerprint density at radius 2 is 1.44 bits per heavy atom. The molecule has 0 unspecified atom stereocenters. The lowest BCUT2D eigenvalue weighted by Crippen LogP contribution is -2.46. The highest BCUT2D eigenvalue weighted by atomic mass is 16.6. The SMILES string of the molecule is Cn1c(=O)n(C)c2cc(N3CCN(c4ccccc4)CC3)c(NC(=O)c3ccc([N+](=O)[O-])cc3)cc21. The van der Waals surface area contributed by atoms with Crippen molar-refractivity contribution in [2.45, 2.75) is 0 Å². The zero-order chi connectivity index (χ0) is 25.4. The van der Waals surface area contributed by atoms with Gasteiger partial charge in [0.05, 0.1) is 27.3 Å². The lowest BCUT2D eigenvalue weighted by atomic mass is 10.1. The first-order valence-corrected chi connectivity index (χ1v) is 11.6. The van der Waals surface area contributed by atoms with Gasteiger partial charge in [0.25, 0.3) is 11.6 Å². The van der Waals surface area contributed by atoms with E-state index < -0.39 is 4.92 Å². The van der Waals surface area contributed by atoms with Crippen LogP contribution in [0.3, 0.4) is 0 Å². The van der Waals surface area contributed by atoms with E-state index in [1.165, 1.54) is 30.0 Å². The summed E-state index contributed by atoms with van der Waals surface area (Å²) in [6, 6.07) is 19.5. The summed E-state index contributed by atoms with van der Waals surface area (Å²) >= 11 is 0. The van der Waals surface area contributed by atoms with Crippen molar-refractivity contribution in [2.75, 3.05) is 41.3 Å². The molecule has 1 aliphatic heterocycles. The van der Waals surface area contributed by atoms with Crippen LogP contribution < -0.4 is 20.8 Å². The first-order chi connectivity index (χ1) is 17.3. The second kappa shape index (κ2) is 9.21. The average Bonchev–Trinajstić information content (AvgIpc) is 3.12. The molecule has 1 aromatic heterocycles. The zero-order valence-electron chi connectivity index (χ0n) is 20.0. The summed E-state index contributed by atoms with van der Waals surface area (Å²) in [5, 5.41) is 13.9. The monoisotopic (exact) mass is 486 g/mol. The van der Waals surface area contributed by atoms with Gasteiger partial charge in [0, 0.05) is 63.7 Å². The number of hydrogen-bond acceptors (Lipinski definition) is 6. The maximum absolute atomic E-state index is 13.1. The van der Waals surface area contributed by atoms with Crippen molar-refractivity contribution < 1.29 is 9.72 Å². The number of anilines is 3. The van der Waals surface area contributed by atoms with Crippen LogP contribution in [0.15, 0.2) is 71.5 Å². The van der Waals surface area contributed by atoms with E-state index >= 15 is 0 Å². The molecule has 1 amide bonds. The third-order valence-corrected chi connectivity index (χ3v) is 6.72. The normalized spacial score (nSPS) is 13.7. The summed E-state index contributed by atoms with van der Waals surface area (Å²) < 4.78 is 3.15. The fraction of sp³-hybridized carbons (Fsp3) is 0.231. The van der Waals surface area contributed by atoms with E-state index in [1.54, 1.807) is 23.2 Å². The molecule has 4 aromatic rings. The van der Waals surface area contributed by atoms with E-state index in [4.69, 9.17) is 0 Å². The summed E-state index contributed by atoms with van der Waals surface area (Å²) in [6.45, 7) is 3.10. The number of nitrogens with one attached hydrogen (secondary N) is 1. The number of aryl methyl sites for hydroxylation is 2. The van der Waals surface area contributed by atoms with Gasteiger partial charge in [-0.25, -0.2) is 4.79 Å². The second-order valence-corrected chi connectivity index (χ2v) is 8.83. The minimum Gasteiger partial charge on any atom is -0.368 e. The van der Waals surface area contributed by atoms with Gasteiger partial charge in [0.15, 0.2) is 0 Å². The number of piperazine rings is 1. The Balaban J connectivity index is 1.47. The summed E-state index contributed by atoms with van der Waals surface area (Å²) in [7, 11) is 3.43. The standard InChI is InChI=1S/C26H26N6O4/c1-28-23-16-21(27-25(33)18-8-10-20(11-9-18)32(35)36)22(17-24(23)29(2)26(28)34)31-14-12-30(13-15-31)19-6-4-3-5-7-19/h3-11,16-17H,12-15H2,1-2H3,(H,27,33). The Bertz CT molecular complexity index is 1500. The van der Waals surface area contributed by atoms with Crippen LogP contribution in [0.25, 0.3) is 11.0 Å². The fourth-order valence-corrected chi connectivity index (χ4v) is 4.67. The van der Waals surface area contributed by atoms with Crippen molar-refractivity contribution >= 4 is 39.7 Å². The smallest absolute Gasteiger partial charge is 0.328 e. The number of nitro groups is 1. The zero-order valence-corrected chi connectivity index (χ0v) is 20.0. The molecule has 0 bridgehead atoms. The summed E-state index contributed by atoms with van der Waals surface area (Å²) in [4.78, 5) is 40.6. The highest BCUT2D eigenvalue weighted by Gasteiger charge is 2.23. The number of fused-ring (bicyclic) bond motifs is 1. The molecule has 10 nitrogen and oxygen atoms in total. The van der Waals surface area contributed by atoms with Crippen LogP contribution in [0.4, 0.5) is 22.7 Å². The van der Waals surface area contributed by atoms with Crippen molar-refractivity contribution in [3.63, 3.8) is 0 Å². The number of para-hydroxylation sites is 1. The highest BCUT2D eigenvalue weighted by molar-refractivity contribution is 6.07. The quantitative estimate of drug-likeness (QED) is 0.343. The lowest BCUT2D eigenvalue weighted by Gasteiger charge is -2.38. The predicted molar refractivity (Wildman–Crippen MR) is 140 cm³/mol. The van der Waals surface area contributed by atoms with Crippen molar-refractivity contribution in [3.05, 3.63) is 92.9 Å². The van der Waals surface area contributed by atoms with E-state index in [0.29, 0.717) is 16.8 Å². The van der Waals surface area contributed by atoms with E-state index in [1.807, 2.05) is 30.3 Å². The minimum atomic E-state index is -0.501. The number of imidazole rings is 1. The van der Waals surface area contributed by atoms with Gasteiger partial charge in [0.2, 0.25) is 0 Å². The van der Waals surface area contributed by atoms with Crippen LogP contribution in [0, 0.1) is 10.1 Å². The van der Waals surface area contributed by atoms with Crippen LogP contribution >= 0.6 is 0 Å². The number of nitro benzene ring substituents is 1. The molecule has 0 spiro atoms. The molecule has 3 aromatic carbocycles. The molecule has 10 heteroatoms. The Labute approximate surface area is 207 Å². The second-order valence-electron chi connectivity index (χ2n) is 8.83. The predicted octanol–water partition coefficient (Wildman–Crippen LogP) is 3.36. The highest BCUT2D eigenvalue weighted by Crippen LogP contribution is 2.33. The van der Waals surface area contributed by atoms with Gasteiger partial charge in [-0.1, -0.05) is 18.2 Å². The number of amides is 1. The maximum Gasteiger partial charge on any atom is 0.328 e. The first kappa shape index (κ1) is 23.2. The fourth-order valence-electron chi connectivity index (χ4n) is 4.67. The summed E-state index contributed by atoms with van der Waals surface area (Å²) in [6.07, 6.45) is 0. The summed E-state index contributed by atoms with van der Waals surface area (Å²) in [5.41, 5.74) is 4.14. The summed E-state index contributed by atoms with van der Waals surface area (Å²) in [5.74, 6) is -0.380. The van der Waals surface area contributed by atoms with Gasteiger partial charge in [-0.05, 0) is 36.4 Å². The number of benzene rings is 3. The number of nitrogens with zero attached hydrogens (tertiary/aromatic N) is 5. The number of non-ortho nitro benzene ring substituents is 1. The van der Waals surface area contributed by atoms with Crippen LogP contribution in [0.5, 0.6) is 0 Å². The Hall–Kier alpha value is -4.60. The number of carbonyl (C=O) groups excluding carboxylic acids is 1. The first-order valence-electron chi connectivity index (χ1n) is 11.6. The molecule has 2 heterocycles. The number of rotatable bonds is 5. The molecule has 1 saturated heterocycles. The van der Waals surface area contributed by atoms with E-state index in [0.717, 1.165) is 37.4 Å². The van der Waals surface area contributed by atoms with E-state index in [2.05, 4.69) is 27.2 Å². The molecule has 0 saturated carbocycles. The number of aromatic nitrogens is 2. The molecule has 1 fully saturated rings. The van der Waals surface area contributed by atoms with Crippen LogP contribution in [-0.4, -0.2) is 46.1 Å². The van der Waals surface area contributed by atoms with E-state index in [9.17, 15) is 19.7 Å². The molecular formula is C26H26N6O4. The van der Waals surface area contributed by atoms with Gasteiger partial charge < -0.3 is 15.1 Å². The van der Waals surface area contributed by atoms with Gasteiger partial charge in [-0.15, -0.1) is 0 Å². The van der Waals surface area contributed by atoms with Crippen LogP contribution in [0.1, 0.15) is 10.4 Å². The molecule has 184 valence electrons. The molecule has 1 aliphatic rings. The third kappa shape index (κ3) is 4.17. The minimum absolute atomic E-state index is 0.0794. The number of hydrogen-bond donors (Lipinski definition) is 1. The third-order valence-electron chi connectivity index (χ3n) is 6.72. The van der Waals surface area contributed by atoms with Gasteiger partial charge in [-0.2, -0.15) is 0 Å². The van der Waals surface area contributed by atoms with Crippen molar-refractivity contribution in [1.82, 2.24) is 9.13 Å². The lowest BCUT2D eigenvalue weighted by molar-refractivity contribution is -0.384. The van der Waals surface area contributed by atoms with Crippen LogP contribution in [-0.2, 0) is 14.1 Å².